The Balaban J connectivity index is 4.65. The van der Waals surface area contributed by atoms with Crippen molar-refractivity contribution < 1.29 is 75.8 Å². The second kappa shape index (κ2) is 64.3. The Labute approximate surface area is 539 Å². The van der Waals surface area contributed by atoms with Gasteiger partial charge in [0.15, 0.2) is 6.10 Å². The highest BCUT2D eigenvalue weighted by molar-refractivity contribution is 7.47. The number of unbranched alkanes of at least 4 members (excludes halogenated alkanes) is 23. The molecule has 5 atom stereocenters. The summed E-state index contributed by atoms with van der Waals surface area (Å²) >= 11 is 0. The van der Waals surface area contributed by atoms with Crippen LogP contribution in [0.4, 0.5) is 0 Å². The number of hydrogen-bond donors (Lipinski definition) is 4. The fourth-order valence-corrected chi connectivity index (χ4v) is 10.3. The van der Waals surface area contributed by atoms with Gasteiger partial charge in [-0.1, -0.05) is 226 Å². The Hall–Kier alpha value is -3.79. The third-order valence-corrected chi connectivity index (χ3v) is 15.9. The number of phosphoric acid groups is 2. The molecule has 89 heavy (non-hydrogen) atoms. The van der Waals surface area contributed by atoms with Crippen LogP contribution >= 0.6 is 15.6 Å². The lowest BCUT2D eigenvalue weighted by Crippen LogP contribution is -2.30. The van der Waals surface area contributed by atoms with E-state index in [4.69, 9.17) is 32.3 Å². The molecule has 0 aromatic carbocycles. The standard InChI is InChI=1S/C71H122O16P2/c1-4-7-10-13-16-19-22-25-28-29-30-31-32-33-34-35-38-40-42-45-48-51-54-57-69(74)81-60-66(72)61-83-88(77,78)84-62-67(73)63-85-89(79,80)86-65-68(87-71(76)59-56-53-50-47-44-41-37-27-24-21-18-15-12-9-6-3)64-82-70(75)58-55-52-49-46-43-39-36-26-23-20-17-14-11-8-5-2/h7,10,16-17,19-20,25-28,30-31,33-34,36-38,40,66-68,72-73H,4-6,8-9,11-15,18,21-24,29,32,35,39,41-65H2,1-3H3,(H,77,78)(H,79,80)/b10-7-,19-16-,20-17-,28-25-,31-30-,34-33-,36-26-,37-27-,40-38-. The van der Waals surface area contributed by atoms with Crippen LogP contribution in [0.5, 0.6) is 0 Å². The number of phosphoric ester groups is 2. The molecule has 0 bridgehead atoms. The van der Waals surface area contributed by atoms with E-state index >= 15 is 0 Å². The van der Waals surface area contributed by atoms with Gasteiger partial charge >= 0.3 is 33.6 Å². The quantitative estimate of drug-likeness (QED) is 0.0146. The van der Waals surface area contributed by atoms with E-state index in [1.165, 1.54) is 57.8 Å². The molecule has 0 spiro atoms. The molecular formula is C71H122O16P2. The molecule has 0 heterocycles. The van der Waals surface area contributed by atoms with Crippen LogP contribution in [0.2, 0.25) is 0 Å². The van der Waals surface area contributed by atoms with Crippen molar-refractivity contribution in [3.05, 3.63) is 109 Å². The highest BCUT2D eigenvalue weighted by Crippen LogP contribution is 2.45. The average molecular weight is 1290 g/mol. The number of hydrogen-bond acceptors (Lipinski definition) is 14. The molecule has 0 aromatic rings. The molecule has 0 fully saturated rings. The largest absolute Gasteiger partial charge is 0.472 e. The molecule has 512 valence electrons. The molecule has 16 nitrogen and oxygen atoms in total. The van der Waals surface area contributed by atoms with Crippen LogP contribution in [0.1, 0.15) is 265 Å². The summed E-state index contributed by atoms with van der Waals surface area (Å²) < 4.78 is 60.8. The average Bonchev–Trinajstić information content (AvgIpc) is 3.65. The minimum Gasteiger partial charge on any atom is -0.463 e. The number of esters is 3. The molecule has 0 radical (unpaired) electrons. The minimum absolute atomic E-state index is 0.0903. The predicted octanol–water partition coefficient (Wildman–Crippen LogP) is 18.9. The maximum Gasteiger partial charge on any atom is 0.472 e. The van der Waals surface area contributed by atoms with Gasteiger partial charge in [-0.2, -0.15) is 0 Å². The van der Waals surface area contributed by atoms with Crippen molar-refractivity contribution in [2.24, 2.45) is 0 Å². The Morgan fingerprint density at radius 2 is 0.596 bits per heavy atom. The molecule has 5 unspecified atom stereocenters. The first kappa shape index (κ1) is 85.2. The van der Waals surface area contributed by atoms with E-state index in [2.05, 4.69) is 130 Å². The van der Waals surface area contributed by atoms with E-state index in [1.807, 2.05) is 0 Å². The fraction of sp³-hybridized carbons (Fsp3) is 0.704. The second-order valence-corrected chi connectivity index (χ2v) is 25.5. The van der Waals surface area contributed by atoms with E-state index in [-0.39, 0.29) is 19.3 Å². The van der Waals surface area contributed by atoms with Crippen LogP contribution in [0.15, 0.2) is 109 Å². The smallest absolute Gasteiger partial charge is 0.463 e. The summed E-state index contributed by atoms with van der Waals surface area (Å²) in [6.07, 6.45) is 71.4. The van der Waals surface area contributed by atoms with Gasteiger partial charge in [-0.25, -0.2) is 9.13 Å². The first-order valence-electron chi connectivity index (χ1n) is 34.2. The molecule has 0 saturated heterocycles. The Morgan fingerprint density at radius 1 is 0.326 bits per heavy atom. The van der Waals surface area contributed by atoms with Crippen LogP contribution in [0.25, 0.3) is 0 Å². The molecule has 0 amide bonds. The molecule has 18 heteroatoms. The summed E-state index contributed by atoms with van der Waals surface area (Å²) in [6.45, 7) is 2.46. The lowest BCUT2D eigenvalue weighted by atomic mass is 10.1. The molecule has 0 saturated carbocycles. The Morgan fingerprint density at radius 3 is 0.978 bits per heavy atom. The molecule has 4 N–H and O–H groups in total. The first-order chi connectivity index (χ1) is 43.2. The summed E-state index contributed by atoms with van der Waals surface area (Å²) in [5, 5.41) is 20.5. The van der Waals surface area contributed by atoms with Crippen LogP contribution in [0, 0.1) is 0 Å². The number of ether oxygens (including phenoxy) is 3. The van der Waals surface area contributed by atoms with Crippen molar-refractivity contribution >= 4 is 33.6 Å². The van der Waals surface area contributed by atoms with Crippen molar-refractivity contribution in [3.63, 3.8) is 0 Å². The van der Waals surface area contributed by atoms with Crippen LogP contribution < -0.4 is 0 Å². The first-order valence-corrected chi connectivity index (χ1v) is 37.2. The zero-order valence-electron chi connectivity index (χ0n) is 55.3. The summed E-state index contributed by atoms with van der Waals surface area (Å²) in [4.78, 5) is 58.3. The summed E-state index contributed by atoms with van der Waals surface area (Å²) in [6, 6.07) is 0. The van der Waals surface area contributed by atoms with Crippen LogP contribution in [-0.4, -0.2) is 95.9 Å². The van der Waals surface area contributed by atoms with E-state index in [0.29, 0.717) is 19.3 Å². The summed E-state index contributed by atoms with van der Waals surface area (Å²) in [5.41, 5.74) is 0. The SMILES string of the molecule is CC/C=C\C/C=C\C/C=C\C/C=C\C/C=C\C/C=C\CCCCCCC(=O)OCC(O)COP(=O)(O)OCC(O)COP(=O)(O)OCC(COC(=O)CCCCCCC/C=C\C/C=C\CCCCC)OC(=O)CCCCCCC/C=C\CCCCCCCC. The number of aliphatic hydroxyl groups is 2. The Bertz CT molecular complexity index is 2060. The van der Waals surface area contributed by atoms with Gasteiger partial charge in [0, 0.05) is 19.3 Å². The van der Waals surface area contributed by atoms with Crippen LogP contribution in [0.3, 0.4) is 0 Å². The highest BCUT2D eigenvalue weighted by atomic mass is 31.2. The number of rotatable bonds is 64. The second-order valence-electron chi connectivity index (χ2n) is 22.6. The zero-order chi connectivity index (χ0) is 65.3. The van der Waals surface area contributed by atoms with E-state index in [0.717, 1.165) is 148 Å². The van der Waals surface area contributed by atoms with E-state index < -0.39 is 91.5 Å². The number of carbonyl (C=O) groups is 3. The Kier molecular flexibility index (Phi) is 61.6. The molecule has 0 aliphatic heterocycles. The van der Waals surface area contributed by atoms with Crippen molar-refractivity contribution in [3.8, 4) is 0 Å². The monoisotopic (exact) mass is 1290 g/mol. The maximum absolute atomic E-state index is 12.9. The third kappa shape index (κ3) is 65.5. The van der Waals surface area contributed by atoms with Gasteiger partial charge in [0.2, 0.25) is 0 Å². The van der Waals surface area contributed by atoms with Gasteiger partial charge < -0.3 is 34.2 Å². The highest BCUT2D eigenvalue weighted by Gasteiger charge is 2.29. The lowest BCUT2D eigenvalue weighted by molar-refractivity contribution is -0.161. The fourth-order valence-electron chi connectivity index (χ4n) is 8.71. The lowest BCUT2D eigenvalue weighted by Gasteiger charge is -2.21. The van der Waals surface area contributed by atoms with Gasteiger partial charge in [0.25, 0.3) is 0 Å². The maximum atomic E-state index is 12.9. The van der Waals surface area contributed by atoms with Gasteiger partial charge in [-0.3, -0.25) is 32.5 Å². The number of carbonyl (C=O) groups excluding carboxylic acids is 3. The van der Waals surface area contributed by atoms with Gasteiger partial charge in [0.1, 0.15) is 25.4 Å². The van der Waals surface area contributed by atoms with Crippen molar-refractivity contribution in [2.75, 3.05) is 39.6 Å². The molecule has 0 rings (SSSR count). The summed E-state index contributed by atoms with van der Waals surface area (Å²) in [5.74, 6) is -1.62. The normalized spacial score (nSPS) is 14.9. The van der Waals surface area contributed by atoms with E-state index in [9.17, 15) is 43.5 Å². The van der Waals surface area contributed by atoms with Crippen molar-refractivity contribution in [1.82, 2.24) is 0 Å². The predicted molar refractivity (Wildman–Crippen MR) is 362 cm³/mol. The third-order valence-electron chi connectivity index (χ3n) is 14.0. The van der Waals surface area contributed by atoms with Crippen molar-refractivity contribution in [2.45, 2.75) is 283 Å². The minimum atomic E-state index is -4.93. The zero-order valence-corrected chi connectivity index (χ0v) is 57.1. The number of aliphatic hydroxyl groups excluding tert-OH is 2. The van der Waals surface area contributed by atoms with Gasteiger partial charge in [-0.05, 0) is 128 Å². The topological polar surface area (TPSA) is 231 Å². The van der Waals surface area contributed by atoms with Gasteiger partial charge in [-0.15, -0.1) is 0 Å². The summed E-state index contributed by atoms with van der Waals surface area (Å²) in [7, 11) is -9.79. The molecular weight excluding hydrogens is 1170 g/mol. The van der Waals surface area contributed by atoms with Gasteiger partial charge in [0.05, 0.1) is 26.4 Å². The molecule has 0 aromatic heterocycles. The van der Waals surface area contributed by atoms with Crippen molar-refractivity contribution in [1.29, 1.82) is 0 Å². The number of allylic oxidation sites excluding steroid dienone is 18. The van der Waals surface area contributed by atoms with E-state index in [1.54, 1.807) is 0 Å². The molecule has 0 aliphatic carbocycles. The van der Waals surface area contributed by atoms with Crippen LogP contribution in [-0.2, 0) is 55.8 Å². The molecule has 0 aliphatic rings.